The van der Waals surface area contributed by atoms with Gasteiger partial charge in [0.15, 0.2) is 11.7 Å². The molecule has 0 aromatic heterocycles. The predicted octanol–water partition coefficient (Wildman–Crippen LogP) is 2.00. The number of benzene rings is 2. The number of amides is 1. The highest BCUT2D eigenvalue weighted by Gasteiger charge is 2.35. The SMILES string of the molecule is CN(C)c1cccc2c(S(=O)(=O)N[C@@H](CCCN=C(N)N)C(=O)N3CCCC[C@@H]3CCC(=O)[C@H]3NCCS3)cccc12. The van der Waals surface area contributed by atoms with E-state index in [0.29, 0.717) is 31.2 Å². The molecule has 0 saturated carbocycles. The zero-order valence-corrected chi connectivity index (χ0v) is 26.1. The van der Waals surface area contributed by atoms with Crippen LogP contribution in [0.1, 0.15) is 44.9 Å². The predicted molar refractivity (Wildman–Crippen MR) is 170 cm³/mol. The molecule has 0 bridgehead atoms. The van der Waals surface area contributed by atoms with Gasteiger partial charge in [-0.3, -0.25) is 19.9 Å². The summed E-state index contributed by atoms with van der Waals surface area (Å²) in [5.74, 6) is 0.738. The minimum absolute atomic E-state index is 0.0541. The van der Waals surface area contributed by atoms with Crippen LogP contribution in [-0.2, 0) is 19.6 Å². The molecule has 0 aliphatic carbocycles. The zero-order valence-electron chi connectivity index (χ0n) is 24.4. The lowest BCUT2D eigenvalue weighted by Gasteiger charge is -2.38. The quantitative estimate of drug-likeness (QED) is 0.150. The van der Waals surface area contributed by atoms with E-state index >= 15 is 0 Å². The number of nitrogens with one attached hydrogen (secondary N) is 2. The van der Waals surface area contributed by atoms with Gasteiger partial charge in [-0.05, 0) is 50.7 Å². The Kier molecular flexibility index (Phi) is 11.1. The van der Waals surface area contributed by atoms with Gasteiger partial charge in [-0.25, -0.2) is 8.42 Å². The summed E-state index contributed by atoms with van der Waals surface area (Å²) in [7, 11) is -0.270. The van der Waals surface area contributed by atoms with E-state index < -0.39 is 16.1 Å². The number of aliphatic imine (C=N–C) groups is 1. The van der Waals surface area contributed by atoms with Crippen LogP contribution in [-0.4, -0.2) is 87.9 Å². The summed E-state index contributed by atoms with van der Waals surface area (Å²) in [6.07, 6.45) is 4.17. The van der Waals surface area contributed by atoms with E-state index in [0.717, 1.165) is 42.6 Å². The number of sulfonamides is 1. The number of guanidine groups is 1. The molecule has 2 aliphatic heterocycles. The molecule has 42 heavy (non-hydrogen) atoms. The largest absolute Gasteiger partial charge is 0.377 e. The van der Waals surface area contributed by atoms with E-state index in [1.807, 2.05) is 37.2 Å². The number of ketones is 1. The van der Waals surface area contributed by atoms with Crippen LogP contribution in [0.4, 0.5) is 5.69 Å². The first kappa shape index (κ1) is 32.1. The van der Waals surface area contributed by atoms with E-state index in [1.54, 1.807) is 34.9 Å². The van der Waals surface area contributed by atoms with Crippen LogP contribution in [0.15, 0.2) is 46.3 Å². The maximum atomic E-state index is 14.1. The van der Waals surface area contributed by atoms with Gasteiger partial charge in [-0.15, -0.1) is 11.8 Å². The third-order valence-corrected chi connectivity index (χ3v) is 10.5. The van der Waals surface area contributed by atoms with E-state index in [1.165, 1.54) is 0 Å². The molecular formula is C29H43N7O4S2. The van der Waals surface area contributed by atoms with Crippen molar-refractivity contribution in [1.29, 1.82) is 0 Å². The molecule has 0 spiro atoms. The second-order valence-electron chi connectivity index (χ2n) is 11.0. The van der Waals surface area contributed by atoms with Crippen LogP contribution in [0.3, 0.4) is 0 Å². The third kappa shape index (κ3) is 7.94. The van der Waals surface area contributed by atoms with E-state index in [9.17, 15) is 18.0 Å². The molecule has 0 unspecified atom stereocenters. The van der Waals surface area contributed by atoms with Crippen molar-refractivity contribution in [1.82, 2.24) is 14.9 Å². The fourth-order valence-corrected chi connectivity index (χ4v) is 8.20. The number of carbonyl (C=O) groups excluding carboxylic acids is 2. The molecule has 2 fully saturated rings. The summed E-state index contributed by atoms with van der Waals surface area (Å²) < 4.78 is 30.5. The van der Waals surface area contributed by atoms with Gasteiger partial charge >= 0.3 is 0 Å². The number of piperidine rings is 1. The summed E-state index contributed by atoms with van der Waals surface area (Å²) in [5, 5.41) is 4.42. The van der Waals surface area contributed by atoms with Crippen LogP contribution >= 0.6 is 11.8 Å². The molecule has 3 atom stereocenters. The smallest absolute Gasteiger partial charge is 0.241 e. The van der Waals surface area contributed by atoms with Gasteiger partial charge in [0.05, 0.1) is 4.90 Å². The van der Waals surface area contributed by atoms with Crippen LogP contribution < -0.4 is 26.4 Å². The van der Waals surface area contributed by atoms with Gasteiger partial charge in [-0.2, -0.15) is 4.72 Å². The Morgan fingerprint density at radius 3 is 2.64 bits per heavy atom. The van der Waals surface area contributed by atoms with E-state index in [-0.39, 0.29) is 46.9 Å². The average Bonchev–Trinajstić information content (AvgIpc) is 3.52. The average molecular weight is 618 g/mol. The molecule has 2 aromatic rings. The molecule has 6 N–H and O–H groups in total. The summed E-state index contributed by atoms with van der Waals surface area (Å²) in [6.45, 7) is 1.63. The second-order valence-corrected chi connectivity index (χ2v) is 13.9. The topological polar surface area (TPSA) is 163 Å². The standard InChI is InChI=1S/C29H43N7O4S2/c1-35(2)24-12-5-10-22-21(24)9-6-13-26(22)42(39,40)34-23(11-7-16-33-29(30)31)28(38)36-18-4-3-8-20(36)14-15-25(37)27-32-17-19-41-27/h5-6,9-10,12-13,20,23,27,32,34H,3-4,7-8,11,14-19H2,1-2H3,(H4,30,31,33)/t20-,23+,27+/m1/s1. The highest BCUT2D eigenvalue weighted by molar-refractivity contribution is 8.00. The summed E-state index contributed by atoms with van der Waals surface area (Å²) in [5.41, 5.74) is 11.8. The highest BCUT2D eigenvalue weighted by Crippen LogP contribution is 2.31. The third-order valence-electron chi connectivity index (χ3n) is 7.81. The number of anilines is 1. The highest BCUT2D eigenvalue weighted by atomic mass is 32.2. The molecule has 13 heteroatoms. The second kappa shape index (κ2) is 14.5. The summed E-state index contributed by atoms with van der Waals surface area (Å²) >= 11 is 1.62. The van der Waals surface area contributed by atoms with Crippen molar-refractivity contribution in [3.05, 3.63) is 36.4 Å². The lowest BCUT2D eigenvalue weighted by Crippen LogP contribution is -2.53. The van der Waals surface area contributed by atoms with Crippen molar-refractivity contribution >= 4 is 55.9 Å². The fourth-order valence-electron chi connectivity index (χ4n) is 5.74. The molecule has 2 saturated heterocycles. The first-order chi connectivity index (χ1) is 20.1. The number of hydrogen-bond acceptors (Lipinski definition) is 8. The summed E-state index contributed by atoms with van der Waals surface area (Å²) in [6, 6.07) is 9.59. The number of nitrogens with zero attached hydrogens (tertiary/aromatic N) is 3. The Balaban J connectivity index is 1.57. The maximum Gasteiger partial charge on any atom is 0.241 e. The number of nitrogens with two attached hydrogens (primary N) is 2. The maximum absolute atomic E-state index is 14.1. The van der Waals surface area contributed by atoms with Crippen molar-refractivity contribution in [2.45, 2.75) is 67.3 Å². The van der Waals surface area contributed by atoms with E-state index in [2.05, 4.69) is 15.0 Å². The molecular weight excluding hydrogens is 574 g/mol. The first-order valence-corrected chi connectivity index (χ1v) is 17.1. The van der Waals surface area contributed by atoms with Gasteiger partial charge in [0.1, 0.15) is 11.4 Å². The molecule has 0 radical (unpaired) electrons. The Morgan fingerprint density at radius 2 is 1.93 bits per heavy atom. The van der Waals surface area contributed by atoms with Crippen LogP contribution in [0.5, 0.6) is 0 Å². The minimum Gasteiger partial charge on any atom is -0.377 e. The Labute approximate surface area is 252 Å². The van der Waals surface area contributed by atoms with Crippen molar-refractivity contribution < 1.29 is 18.0 Å². The van der Waals surface area contributed by atoms with Crippen molar-refractivity contribution in [3.63, 3.8) is 0 Å². The molecule has 2 aromatic carbocycles. The van der Waals surface area contributed by atoms with Gasteiger partial charge in [-0.1, -0.05) is 24.3 Å². The molecule has 11 nitrogen and oxygen atoms in total. The van der Waals surface area contributed by atoms with Gasteiger partial charge in [0.2, 0.25) is 15.9 Å². The number of fused-ring (bicyclic) bond motifs is 1. The zero-order chi connectivity index (χ0) is 30.3. The number of carbonyl (C=O) groups is 2. The van der Waals surface area contributed by atoms with Crippen molar-refractivity contribution in [2.75, 3.05) is 44.4 Å². The molecule has 2 heterocycles. The number of rotatable bonds is 13. The molecule has 4 rings (SSSR count). The number of likely N-dealkylation sites (tertiary alicyclic amines) is 1. The monoisotopic (exact) mass is 617 g/mol. The van der Waals surface area contributed by atoms with Crippen molar-refractivity contribution in [3.8, 4) is 0 Å². The van der Waals surface area contributed by atoms with Gasteiger partial charge < -0.3 is 21.3 Å². The fraction of sp³-hybridized carbons (Fsp3) is 0.552. The number of hydrogen-bond donors (Lipinski definition) is 4. The molecule has 1 amide bonds. The minimum atomic E-state index is -4.09. The lowest BCUT2D eigenvalue weighted by atomic mass is 9.95. The molecule has 230 valence electrons. The summed E-state index contributed by atoms with van der Waals surface area (Å²) in [4.78, 5) is 34.6. The Morgan fingerprint density at radius 1 is 1.17 bits per heavy atom. The normalized spacial score (nSPS) is 19.9. The molecule has 2 aliphatic rings. The van der Waals surface area contributed by atoms with Gasteiger partial charge in [0.25, 0.3) is 0 Å². The Hall–Kier alpha value is -2.87. The number of thioether (sulfide) groups is 1. The number of Topliss-reactive ketones (excluding diaryl/α,β-unsaturated/α-hetero) is 1. The van der Waals surface area contributed by atoms with Crippen molar-refractivity contribution in [2.24, 2.45) is 16.5 Å². The van der Waals surface area contributed by atoms with Crippen LogP contribution in [0.2, 0.25) is 0 Å². The lowest BCUT2D eigenvalue weighted by molar-refractivity contribution is -0.137. The van der Waals surface area contributed by atoms with Crippen LogP contribution in [0.25, 0.3) is 10.8 Å². The van der Waals surface area contributed by atoms with E-state index in [4.69, 9.17) is 11.5 Å². The first-order valence-electron chi connectivity index (χ1n) is 14.5. The van der Waals surface area contributed by atoms with Crippen LogP contribution in [0, 0.1) is 0 Å². The van der Waals surface area contributed by atoms with Gasteiger partial charge in [0, 0.05) is 68.4 Å². The Bertz CT molecular complexity index is 1390.